The molecule has 0 radical (unpaired) electrons. The van der Waals surface area contributed by atoms with Gasteiger partial charge in [0.05, 0.1) is 6.04 Å². The molecular formula is C21H39N7O7S2. The van der Waals surface area contributed by atoms with E-state index in [4.69, 9.17) is 22.3 Å². The van der Waals surface area contributed by atoms with Crippen LogP contribution in [-0.2, 0) is 24.0 Å². The van der Waals surface area contributed by atoms with E-state index in [1.54, 1.807) is 0 Å². The number of nitrogens with two attached hydrogens (primary N) is 3. The summed E-state index contributed by atoms with van der Waals surface area (Å²) in [5.74, 6) is -3.53. The fourth-order valence-electron chi connectivity index (χ4n) is 3.00. The second kappa shape index (κ2) is 19.4. The van der Waals surface area contributed by atoms with Gasteiger partial charge in [0.25, 0.3) is 0 Å². The Morgan fingerprint density at radius 2 is 1.30 bits per heavy atom. The predicted molar refractivity (Wildman–Crippen MR) is 144 cm³/mol. The first-order valence-corrected chi connectivity index (χ1v) is 14.4. The molecule has 0 saturated heterocycles. The average molecular weight is 566 g/mol. The Hall–Kier alpha value is -2.72. The lowest BCUT2D eigenvalue weighted by molar-refractivity contribution is -0.143. The van der Waals surface area contributed by atoms with Crippen molar-refractivity contribution in [3.05, 3.63) is 0 Å². The van der Waals surface area contributed by atoms with Crippen LogP contribution in [0.5, 0.6) is 0 Å². The van der Waals surface area contributed by atoms with Gasteiger partial charge in [-0.2, -0.15) is 23.5 Å². The Kier molecular flexibility index (Phi) is 18.0. The molecule has 0 aliphatic rings. The van der Waals surface area contributed by atoms with Crippen LogP contribution in [0, 0.1) is 0 Å². The van der Waals surface area contributed by atoms with Crippen LogP contribution in [0.25, 0.3) is 0 Å². The molecule has 11 N–H and O–H groups in total. The number of rotatable bonds is 20. The molecule has 0 aromatic heterocycles. The Labute approximate surface area is 224 Å². The van der Waals surface area contributed by atoms with Gasteiger partial charge in [0, 0.05) is 13.0 Å². The number of carbonyl (C=O) groups excluding carboxylic acids is 3. The summed E-state index contributed by atoms with van der Waals surface area (Å²) in [6, 6.07) is -4.44. The lowest BCUT2D eigenvalue weighted by Gasteiger charge is -2.25. The molecule has 14 nitrogen and oxygen atoms in total. The summed E-state index contributed by atoms with van der Waals surface area (Å²) in [5.41, 5.74) is 16.5. The van der Waals surface area contributed by atoms with Gasteiger partial charge in [-0.1, -0.05) is 0 Å². The number of nitrogens with zero attached hydrogens (tertiary/aromatic N) is 1. The quantitative estimate of drug-likeness (QED) is 0.0466. The molecule has 3 amide bonds. The van der Waals surface area contributed by atoms with Gasteiger partial charge in [-0.25, -0.2) is 4.79 Å². The van der Waals surface area contributed by atoms with Crippen LogP contribution in [0.4, 0.5) is 0 Å². The molecule has 0 heterocycles. The third kappa shape index (κ3) is 15.9. The van der Waals surface area contributed by atoms with Gasteiger partial charge in [0.15, 0.2) is 5.96 Å². The van der Waals surface area contributed by atoms with Gasteiger partial charge < -0.3 is 43.4 Å². The average Bonchev–Trinajstić information content (AvgIpc) is 2.83. The van der Waals surface area contributed by atoms with Gasteiger partial charge in [-0.3, -0.25) is 24.2 Å². The van der Waals surface area contributed by atoms with Gasteiger partial charge in [0.2, 0.25) is 17.7 Å². The van der Waals surface area contributed by atoms with Gasteiger partial charge >= 0.3 is 11.9 Å². The van der Waals surface area contributed by atoms with Gasteiger partial charge in [-0.05, 0) is 56.1 Å². The number of guanidine groups is 1. The summed E-state index contributed by atoms with van der Waals surface area (Å²) >= 11 is 3.00. The van der Waals surface area contributed by atoms with Crippen molar-refractivity contribution in [2.24, 2.45) is 22.2 Å². The Balaban J connectivity index is 5.58. The van der Waals surface area contributed by atoms with Crippen LogP contribution >= 0.6 is 23.5 Å². The zero-order valence-corrected chi connectivity index (χ0v) is 22.7. The summed E-state index contributed by atoms with van der Waals surface area (Å²) in [4.78, 5) is 64.7. The van der Waals surface area contributed by atoms with Crippen LogP contribution in [0.15, 0.2) is 4.99 Å². The Bertz CT molecular complexity index is 797. The summed E-state index contributed by atoms with van der Waals surface area (Å²) in [6.07, 6.45) is 3.92. The first kappa shape index (κ1) is 34.3. The maximum atomic E-state index is 13.1. The molecule has 0 bridgehead atoms. The maximum absolute atomic E-state index is 13.1. The molecule has 212 valence electrons. The molecule has 4 atom stereocenters. The van der Waals surface area contributed by atoms with E-state index in [9.17, 15) is 29.1 Å². The minimum atomic E-state index is -1.47. The molecule has 0 aliphatic heterocycles. The van der Waals surface area contributed by atoms with Crippen molar-refractivity contribution in [1.29, 1.82) is 0 Å². The number of carboxylic acid groups (broad SMARTS) is 2. The summed E-state index contributed by atoms with van der Waals surface area (Å²) in [7, 11) is 0. The smallest absolute Gasteiger partial charge is 0.326 e. The van der Waals surface area contributed by atoms with Crippen molar-refractivity contribution in [2.45, 2.75) is 62.7 Å². The molecule has 0 aromatic carbocycles. The first-order chi connectivity index (χ1) is 17.4. The minimum Gasteiger partial charge on any atom is -0.481 e. The molecule has 4 unspecified atom stereocenters. The van der Waals surface area contributed by atoms with Gasteiger partial charge in [0.1, 0.15) is 18.1 Å². The van der Waals surface area contributed by atoms with Crippen LogP contribution in [0.3, 0.4) is 0 Å². The second-order valence-corrected chi connectivity index (χ2v) is 10.0. The predicted octanol–water partition coefficient (Wildman–Crippen LogP) is -1.72. The van der Waals surface area contributed by atoms with Crippen LogP contribution in [-0.4, -0.2) is 101 Å². The first-order valence-electron chi connectivity index (χ1n) is 11.6. The number of aliphatic carboxylic acids is 2. The molecule has 0 spiro atoms. The van der Waals surface area contributed by atoms with Gasteiger partial charge in [-0.15, -0.1) is 0 Å². The number of amides is 3. The topological polar surface area (TPSA) is 252 Å². The number of carboxylic acids is 2. The highest BCUT2D eigenvalue weighted by molar-refractivity contribution is 7.98. The van der Waals surface area contributed by atoms with E-state index in [0.29, 0.717) is 17.9 Å². The number of hydrogen-bond acceptors (Lipinski definition) is 9. The molecule has 0 aromatic rings. The van der Waals surface area contributed by atoms with Crippen molar-refractivity contribution >= 4 is 59.1 Å². The molecule has 0 aliphatic carbocycles. The molecular weight excluding hydrogens is 526 g/mol. The molecule has 0 saturated carbocycles. The Morgan fingerprint density at radius 3 is 1.81 bits per heavy atom. The van der Waals surface area contributed by atoms with Crippen LogP contribution in [0.2, 0.25) is 0 Å². The summed E-state index contributed by atoms with van der Waals surface area (Å²) < 4.78 is 0. The summed E-state index contributed by atoms with van der Waals surface area (Å²) in [5, 5.41) is 25.7. The third-order valence-corrected chi connectivity index (χ3v) is 6.34. The molecule has 0 rings (SSSR count). The van der Waals surface area contributed by atoms with Crippen molar-refractivity contribution in [3.63, 3.8) is 0 Å². The number of thioether (sulfide) groups is 2. The zero-order valence-electron chi connectivity index (χ0n) is 21.1. The van der Waals surface area contributed by atoms with E-state index in [1.165, 1.54) is 23.5 Å². The second-order valence-electron chi connectivity index (χ2n) is 8.07. The highest BCUT2D eigenvalue weighted by Crippen LogP contribution is 2.07. The van der Waals surface area contributed by atoms with Crippen molar-refractivity contribution in [1.82, 2.24) is 16.0 Å². The standard InChI is InChI=1S/C21H39N7O7S2/c1-36-10-7-12(22)17(31)26-14(8-11-37-2)19(33)27-13(4-3-9-25-21(23)24)18(32)28-15(20(34)35)5-6-16(29)30/h12-15H,3-11,22H2,1-2H3,(H,26,31)(H,27,33)(H,28,32)(H,29,30)(H,34,35)(H4,23,24,25). The van der Waals surface area contributed by atoms with Crippen LogP contribution in [0.1, 0.15) is 38.5 Å². The normalized spacial score (nSPS) is 13.9. The van der Waals surface area contributed by atoms with E-state index in [2.05, 4.69) is 20.9 Å². The SMILES string of the molecule is CSCCC(N)C(=O)NC(CCSC)C(=O)NC(CCCN=C(N)N)C(=O)NC(CCC(=O)O)C(=O)O. The van der Waals surface area contributed by atoms with E-state index < -0.39 is 60.2 Å². The Morgan fingerprint density at radius 1 is 0.784 bits per heavy atom. The zero-order chi connectivity index (χ0) is 28.4. The third-order valence-electron chi connectivity index (χ3n) is 5.05. The number of carbonyl (C=O) groups is 5. The molecule has 16 heteroatoms. The fourth-order valence-corrected chi connectivity index (χ4v) is 3.96. The van der Waals surface area contributed by atoms with E-state index >= 15 is 0 Å². The van der Waals surface area contributed by atoms with Crippen LogP contribution < -0.4 is 33.2 Å². The monoisotopic (exact) mass is 565 g/mol. The summed E-state index contributed by atoms with van der Waals surface area (Å²) in [6.45, 7) is 0.153. The van der Waals surface area contributed by atoms with Crippen molar-refractivity contribution in [2.75, 3.05) is 30.6 Å². The number of aliphatic imine (C=N–C) groups is 1. The lowest BCUT2D eigenvalue weighted by Crippen LogP contribution is -2.57. The lowest BCUT2D eigenvalue weighted by atomic mass is 10.1. The number of nitrogens with one attached hydrogen (secondary N) is 3. The highest BCUT2D eigenvalue weighted by Gasteiger charge is 2.30. The number of hydrogen-bond donors (Lipinski definition) is 8. The van der Waals surface area contributed by atoms with Crippen molar-refractivity contribution < 1.29 is 34.2 Å². The minimum absolute atomic E-state index is 0.0516. The maximum Gasteiger partial charge on any atom is 0.326 e. The molecule has 37 heavy (non-hydrogen) atoms. The van der Waals surface area contributed by atoms with E-state index in [-0.39, 0.29) is 38.2 Å². The largest absolute Gasteiger partial charge is 0.481 e. The molecule has 0 fully saturated rings. The fraction of sp³-hybridized carbons (Fsp3) is 0.714. The van der Waals surface area contributed by atoms with E-state index in [1.807, 2.05) is 12.5 Å². The van der Waals surface area contributed by atoms with E-state index in [0.717, 1.165) is 0 Å². The van der Waals surface area contributed by atoms with Crippen molar-refractivity contribution in [3.8, 4) is 0 Å². The highest BCUT2D eigenvalue weighted by atomic mass is 32.2.